The van der Waals surface area contributed by atoms with Gasteiger partial charge in [0, 0.05) is 90.9 Å². The van der Waals surface area contributed by atoms with Gasteiger partial charge in [0.25, 0.3) is 0 Å². The van der Waals surface area contributed by atoms with Crippen LogP contribution in [-0.4, -0.2) is 123 Å². The van der Waals surface area contributed by atoms with Crippen LogP contribution in [0.5, 0.6) is 5.75 Å². The van der Waals surface area contributed by atoms with E-state index in [1.165, 1.54) is 19.6 Å². The number of anilines is 1. The summed E-state index contributed by atoms with van der Waals surface area (Å²) in [6, 6.07) is 12.0. The van der Waals surface area contributed by atoms with E-state index in [9.17, 15) is 9.90 Å². The van der Waals surface area contributed by atoms with Crippen molar-refractivity contribution in [1.82, 2.24) is 14.8 Å². The first-order valence-electron chi connectivity index (χ1n) is 21.5. The molecule has 314 valence electrons. The van der Waals surface area contributed by atoms with Crippen molar-refractivity contribution in [2.75, 3.05) is 72.1 Å². The Morgan fingerprint density at radius 2 is 1.92 bits per heavy atom. The summed E-state index contributed by atoms with van der Waals surface area (Å²) in [7, 11) is 5.21. The fourth-order valence-electron chi connectivity index (χ4n) is 13.3. The lowest BCUT2D eigenvalue weighted by atomic mass is 9.47. The number of ether oxygens (including phenoxy) is 4. The Morgan fingerprint density at radius 1 is 1.10 bits per heavy atom. The molecule has 2 N–H and O–H groups in total. The van der Waals surface area contributed by atoms with Crippen LogP contribution in [-0.2, 0) is 41.1 Å². The van der Waals surface area contributed by atoms with Gasteiger partial charge in [-0.1, -0.05) is 61.9 Å². The number of nitrogens with zero attached hydrogens (tertiary/aromatic N) is 3. The number of hydrogen-bond acceptors (Lipinski definition) is 10. The maximum atomic E-state index is 15.3. The molecule has 1 aliphatic carbocycles. The number of likely N-dealkylation sites (N-methyl/N-ethyl adjacent to an activating group) is 1. The van der Waals surface area contributed by atoms with Gasteiger partial charge in [-0.25, -0.2) is 0 Å². The Morgan fingerprint density at radius 3 is 2.64 bits per heavy atom. The summed E-state index contributed by atoms with van der Waals surface area (Å²) in [5.41, 5.74) is 2.74. The van der Waals surface area contributed by atoms with E-state index in [-0.39, 0.29) is 31.1 Å². The van der Waals surface area contributed by atoms with E-state index in [2.05, 4.69) is 88.7 Å². The Labute approximate surface area is 348 Å². The lowest BCUT2D eigenvalue weighted by Crippen LogP contribution is -2.80. The van der Waals surface area contributed by atoms with Crippen molar-refractivity contribution in [3.63, 3.8) is 0 Å². The summed E-state index contributed by atoms with van der Waals surface area (Å²) in [4.78, 5) is 39.5. The van der Waals surface area contributed by atoms with Gasteiger partial charge in [-0.05, 0) is 67.8 Å². The van der Waals surface area contributed by atoms with Crippen LogP contribution in [0.1, 0.15) is 68.8 Å². The zero-order chi connectivity index (χ0) is 41.5. The number of H-pyrrole nitrogens is 1. The fourth-order valence-corrected chi connectivity index (χ4v) is 13.3. The number of para-hydroxylation sites is 1. The van der Waals surface area contributed by atoms with E-state index < -0.39 is 40.0 Å². The first-order valence-corrected chi connectivity index (χ1v) is 21.5. The molecule has 1 spiro atoms. The maximum Gasteiger partial charge on any atom is 0.322 e. The molecule has 1 aromatic heterocycles. The molecule has 2 aromatic carbocycles. The van der Waals surface area contributed by atoms with E-state index in [1.54, 1.807) is 13.2 Å². The number of aromatic nitrogens is 1. The second-order valence-electron chi connectivity index (χ2n) is 18.0. The zero-order valence-corrected chi connectivity index (χ0v) is 35.5. The molecule has 9 rings (SSSR count). The molecular formula is C48H60N4O7. The van der Waals surface area contributed by atoms with Gasteiger partial charge >= 0.3 is 11.9 Å². The van der Waals surface area contributed by atoms with Crippen LogP contribution in [0.15, 0.2) is 72.9 Å². The third kappa shape index (κ3) is 5.53. The predicted octanol–water partition coefficient (Wildman–Crippen LogP) is 5.83. The molecule has 1 unspecified atom stereocenters. The van der Waals surface area contributed by atoms with E-state index in [4.69, 9.17) is 18.9 Å². The average molecular weight is 805 g/mol. The molecule has 2 fully saturated rings. The van der Waals surface area contributed by atoms with Crippen LogP contribution in [0.25, 0.3) is 10.9 Å². The SMILES string of the molecule is C=CCOC[C@@]1(O)[C@H](OC(C)=O)[C@]2(CC)C=CCN3CC[C@]4(c5cc([C@@]6(C(=O)OC)C[C@@H]7C=C(CC)CN(CCc8c6[nH]c6ccccc86)C7)c(OC)cc5N(C)[C@@H]14)[C@H]32. The highest BCUT2D eigenvalue weighted by Crippen LogP contribution is 2.68. The summed E-state index contributed by atoms with van der Waals surface area (Å²) in [6.07, 6.45) is 11.1. The van der Waals surface area contributed by atoms with Crippen LogP contribution >= 0.6 is 0 Å². The highest BCUT2D eigenvalue weighted by atomic mass is 16.6. The topological polar surface area (TPSA) is 117 Å². The molecular weight excluding hydrogens is 745 g/mol. The van der Waals surface area contributed by atoms with Gasteiger partial charge in [0.2, 0.25) is 0 Å². The molecule has 2 bridgehead atoms. The number of aliphatic hydroxyl groups is 1. The van der Waals surface area contributed by atoms with Crippen molar-refractivity contribution in [1.29, 1.82) is 0 Å². The van der Waals surface area contributed by atoms with Crippen LogP contribution in [0.3, 0.4) is 0 Å². The largest absolute Gasteiger partial charge is 0.496 e. The number of methoxy groups -OCH3 is 2. The number of aromatic amines is 1. The molecule has 11 heteroatoms. The van der Waals surface area contributed by atoms with E-state index >= 15 is 4.79 Å². The normalized spacial score (nSPS) is 34.4. The third-order valence-corrected chi connectivity index (χ3v) is 15.2. The minimum absolute atomic E-state index is 0.0613. The van der Waals surface area contributed by atoms with E-state index in [0.29, 0.717) is 18.6 Å². The van der Waals surface area contributed by atoms with Gasteiger partial charge in [0.1, 0.15) is 22.9 Å². The Kier molecular flexibility index (Phi) is 9.93. The van der Waals surface area contributed by atoms with Crippen LogP contribution < -0.4 is 9.64 Å². The van der Waals surface area contributed by atoms with Crippen molar-refractivity contribution >= 4 is 28.5 Å². The molecule has 0 radical (unpaired) electrons. The van der Waals surface area contributed by atoms with Gasteiger partial charge in [-0.2, -0.15) is 0 Å². The number of carbonyl (C=O) groups is 2. The number of hydrogen-bond donors (Lipinski definition) is 2. The standard InChI is InChI=1S/C48H60N4O7/c1-8-22-58-29-48(55)42-46(18-21-52-19-13-17-45(10-3,41(46)52)43(48)59-30(4)53)35-24-36(39(56-6)25-38(35)50(42)5)47(44(54)57-7)26-32-23-31(9-2)27-51(28-32)20-16-34-33-14-11-12-15-37(33)49-40(34)47/h8,11-15,17,23-25,32,41-43,49,55H,1,9-10,16,18-22,26-29H2,2-7H3/t32-,41+,42+,43+,45+,46-,47-,48-/m0/s1. The Balaban J connectivity index is 1.35. The number of rotatable bonds is 10. The fraction of sp³-hybridized carbons (Fsp3) is 0.542. The minimum atomic E-state index is -1.64. The van der Waals surface area contributed by atoms with Crippen molar-refractivity contribution in [2.24, 2.45) is 11.3 Å². The Hall–Kier alpha value is -4.42. The van der Waals surface area contributed by atoms with Crippen molar-refractivity contribution in [2.45, 2.75) is 87.5 Å². The second kappa shape index (κ2) is 14.6. The number of benzene rings is 2. The smallest absolute Gasteiger partial charge is 0.322 e. The van der Waals surface area contributed by atoms with Crippen LogP contribution in [0, 0.1) is 11.3 Å². The highest BCUT2D eigenvalue weighted by molar-refractivity contribution is 5.94. The molecule has 6 heterocycles. The van der Waals surface area contributed by atoms with Gasteiger partial charge in [0.05, 0.1) is 33.5 Å². The second-order valence-corrected chi connectivity index (χ2v) is 18.0. The maximum absolute atomic E-state index is 15.3. The lowest BCUT2D eigenvalue weighted by molar-refractivity contribution is -0.232. The number of fused-ring (bicyclic) bond motifs is 6. The van der Waals surface area contributed by atoms with Gasteiger partial charge in [-0.3, -0.25) is 19.4 Å². The molecule has 6 aliphatic rings. The molecule has 5 aliphatic heterocycles. The summed E-state index contributed by atoms with van der Waals surface area (Å²) < 4.78 is 25.0. The van der Waals surface area contributed by atoms with Gasteiger partial charge < -0.3 is 33.9 Å². The third-order valence-electron chi connectivity index (χ3n) is 15.2. The first-order chi connectivity index (χ1) is 28.5. The summed E-state index contributed by atoms with van der Waals surface area (Å²) in [5.74, 6) is -0.139. The highest BCUT2D eigenvalue weighted by Gasteiger charge is 2.78. The first kappa shape index (κ1) is 40.0. The molecule has 9 atom stereocenters. The molecule has 3 aromatic rings. The molecule has 1 saturated carbocycles. The van der Waals surface area contributed by atoms with E-state index in [0.717, 1.165) is 91.0 Å². The van der Waals surface area contributed by atoms with Crippen molar-refractivity contribution in [3.05, 3.63) is 95.2 Å². The molecule has 1 saturated heterocycles. The quantitative estimate of drug-likeness (QED) is 0.148. The molecule has 0 amide bonds. The summed E-state index contributed by atoms with van der Waals surface area (Å²) in [5, 5.41) is 14.7. The Bertz CT molecular complexity index is 2250. The van der Waals surface area contributed by atoms with Gasteiger partial charge in [0.15, 0.2) is 0 Å². The van der Waals surface area contributed by atoms with Crippen molar-refractivity contribution in [3.8, 4) is 5.75 Å². The van der Waals surface area contributed by atoms with Crippen LogP contribution in [0.2, 0.25) is 0 Å². The zero-order valence-electron chi connectivity index (χ0n) is 35.5. The predicted molar refractivity (Wildman–Crippen MR) is 228 cm³/mol. The monoisotopic (exact) mass is 804 g/mol. The minimum Gasteiger partial charge on any atom is -0.496 e. The summed E-state index contributed by atoms with van der Waals surface area (Å²) in [6.45, 7) is 14.0. The molecule has 11 nitrogen and oxygen atoms in total. The average Bonchev–Trinajstić information content (AvgIpc) is 3.90. The van der Waals surface area contributed by atoms with Crippen molar-refractivity contribution < 1.29 is 33.6 Å². The number of carbonyl (C=O) groups excluding carboxylic acids is 2. The van der Waals surface area contributed by atoms with Gasteiger partial charge in [-0.15, -0.1) is 6.58 Å². The summed E-state index contributed by atoms with van der Waals surface area (Å²) >= 11 is 0. The molecule has 59 heavy (non-hydrogen) atoms. The van der Waals surface area contributed by atoms with Crippen LogP contribution in [0.4, 0.5) is 5.69 Å². The number of nitrogens with one attached hydrogen (secondary N) is 1. The van der Waals surface area contributed by atoms with E-state index in [1.807, 2.05) is 13.1 Å². The lowest BCUT2D eigenvalue weighted by Gasteiger charge is -2.64. The number of esters is 2.